The van der Waals surface area contributed by atoms with Crippen molar-refractivity contribution in [3.05, 3.63) is 23.2 Å². The van der Waals surface area contributed by atoms with Crippen molar-refractivity contribution in [1.29, 1.82) is 0 Å². The molecule has 3 heteroatoms. The SMILES string of the molecule is Nc1cc(N2CC3(CCCCC3)C2)ccc1Cl. The smallest absolute Gasteiger partial charge is 0.0636 e. The van der Waals surface area contributed by atoms with E-state index in [1.165, 1.54) is 50.9 Å². The second-order valence-corrected chi connectivity index (χ2v) is 6.03. The maximum absolute atomic E-state index is 5.95. The quantitative estimate of drug-likeness (QED) is 0.771. The van der Waals surface area contributed by atoms with E-state index in [9.17, 15) is 0 Å². The van der Waals surface area contributed by atoms with Crippen molar-refractivity contribution in [3.63, 3.8) is 0 Å². The summed E-state index contributed by atoms with van der Waals surface area (Å²) in [6.07, 6.45) is 7.07. The fourth-order valence-electron chi connectivity index (χ4n) is 3.29. The van der Waals surface area contributed by atoms with Crippen LogP contribution in [0.5, 0.6) is 0 Å². The van der Waals surface area contributed by atoms with Gasteiger partial charge in [0.2, 0.25) is 0 Å². The molecule has 1 aliphatic heterocycles. The van der Waals surface area contributed by atoms with Gasteiger partial charge >= 0.3 is 0 Å². The first-order valence-electron chi connectivity index (χ1n) is 6.49. The average Bonchev–Trinajstić information content (AvgIpc) is 2.31. The van der Waals surface area contributed by atoms with Crippen molar-refractivity contribution >= 4 is 23.0 Å². The minimum Gasteiger partial charge on any atom is -0.397 e. The van der Waals surface area contributed by atoms with E-state index >= 15 is 0 Å². The largest absolute Gasteiger partial charge is 0.397 e. The minimum atomic E-state index is 0.618. The lowest BCUT2D eigenvalue weighted by Gasteiger charge is -2.53. The van der Waals surface area contributed by atoms with E-state index in [-0.39, 0.29) is 0 Å². The van der Waals surface area contributed by atoms with E-state index in [0.717, 1.165) is 0 Å². The first-order valence-corrected chi connectivity index (χ1v) is 6.86. The summed E-state index contributed by atoms with van der Waals surface area (Å²) in [7, 11) is 0. The molecule has 0 radical (unpaired) electrons. The molecular formula is C14H19ClN2. The Kier molecular flexibility index (Phi) is 2.70. The van der Waals surface area contributed by atoms with Crippen LogP contribution in [0.1, 0.15) is 32.1 Å². The van der Waals surface area contributed by atoms with E-state index in [0.29, 0.717) is 16.1 Å². The molecule has 0 aromatic heterocycles. The molecule has 0 unspecified atom stereocenters. The lowest BCUT2D eigenvalue weighted by Crippen LogP contribution is -2.57. The Bertz CT molecular complexity index is 416. The maximum atomic E-state index is 5.95. The zero-order chi connectivity index (χ0) is 11.9. The van der Waals surface area contributed by atoms with Crippen molar-refractivity contribution in [2.75, 3.05) is 23.7 Å². The van der Waals surface area contributed by atoms with Gasteiger partial charge in [-0.2, -0.15) is 0 Å². The number of nitrogens with two attached hydrogens (primary N) is 1. The lowest BCUT2D eigenvalue weighted by atomic mass is 9.68. The van der Waals surface area contributed by atoms with Gasteiger partial charge in [0.05, 0.1) is 10.7 Å². The Labute approximate surface area is 108 Å². The number of hydrogen-bond acceptors (Lipinski definition) is 2. The molecule has 3 rings (SSSR count). The molecule has 0 bridgehead atoms. The number of halogens is 1. The number of benzene rings is 1. The highest BCUT2D eigenvalue weighted by molar-refractivity contribution is 6.33. The molecule has 2 N–H and O–H groups in total. The summed E-state index contributed by atoms with van der Waals surface area (Å²) in [6, 6.07) is 5.98. The molecule has 1 aliphatic carbocycles. The van der Waals surface area contributed by atoms with Crippen LogP contribution in [0.3, 0.4) is 0 Å². The highest BCUT2D eigenvalue weighted by atomic mass is 35.5. The van der Waals surface area contributed by atoms with Crippen LogP contribution < -0.4 is 10.6 Å². The van der Waals surface area contributed by atoms with Gasteiger partial charge in [-0.1, -0.05) is 30.9 Å². The molecule has 1 aromatic carbocycles. The molecule has 0 amide bonds. The standard InChI is InChI=1S/C14H19ClN2/c15-12-5-4-11(8-13(12)16)17-9-14(10-17)6-2-1-3-7-14/h4-5,8H,1-3,6-7,9-10,16H2. The Hall–Kier alpha value is -0.890. The lowest BCUT2D eigenvalue weighted by molar-refractivity contribution is 0.139. The second kappa shape index (κ2) is 4.09. The molecule has 1 saturated heterocycles. The number of anilines is 2. The number of rotatable bonds is 1. The zero-order valence-corrected chi connectivity index (χ0v) is 10.8. The summed E-state index contributed by atoms with van der Waals surface area (Å²) in [5.74, 6) is 0. The summed E-state index contributed by atoms with van der Waals surface area (Å²) in [5, 5.41) is 0.654. The summed E-state index contributed by atoms with van der Waals surface area (Å²) >= 11 is 5.95. The van der Waals surface area contributed by atoms with Crippen LogP contribution in [-0.4, -0.2) is 13.1 Å². The van der Waals surface area contributed by atoms with E-state index in [4.69, 9.17) is 17.3 Å². The maximum Gasteiger partial charge on any atom is 0.0636 e. The van der Waals surface area contributed by atoms with Gasteiger partial charge in [0.1, 0.15) is 0 Å². The molecular weight excluding hydrogens is 232 g/mol. The van der Waals surface area contributed by atoms with Gasteiger partial charge in [0.15, 0.2) is 0 Å². The molecule has 92 valence electrons. The molecule has 2 fully saturated rings. The van der Waals surface area contributed by atoms with E-state index in [1.807, 2.05) is 12.1 Å². The van der Waals surface area contributed by atoms with Crippen LogP contribution in [0.15, 0.2) is 18.2 Å². The minimum absolute atomic E-state index is 0.618. The topological polar surface area (TPSA) is 29.3 Å². The molecule has 1 heterocycles. The van der Waals surface area contributed by atoms with Crippen molar-refractivity contribution in [2.24, 2.45) is 5.41 Å². The fraction of sp³-hybridized carbons (Fsp3) is 0.571. The van der Waals surface area contributed by atoms with Gasteiger partial charge in [0.25, 0.3) is 0 Å². The van der Waals surface area contributed by atoms with Crippen LogP contribution in [-0.2, 0) is 0 Å². The van der Waals surface area contributed by atoms with Gasteiger partial charge in [0, 0.05) is 24.2 Å². The fourth-order valence-corrected chi connectivity index (χ4v) is 3.41. The molecule has 0 atom stereocenters. The molecule has 2 nitrogen and oxygen atoms in total. The second-order valence-electron chi connectivity index (χ2n) is 5.62. The third-order valence-corrected chi connectivity index (χ3v) is 4.66. The molecule has 1 spiro atoms. The third kappa shape index (κ3) is 1.99. The molecule has 2 aliphatic rings. The molecule has 1 aromatic rings. The summed E-state index contributed by atoms with van der Waals surface area (Å²) in [5.41, 5.74) is 8.38. The highest BCUT2D eigenvalue weighted by Gasteiger charge is 2.43. The van der Waals surface area contributed by atoms with Crippen LogP contribution in [0.2, 0.25) is 5.02 Å². The number of nitrogens with zero attached hydrogens (tertiary/aromatic N) is 1. The third-order valence-electron chi connectivity index (χ3n) is 4.31. The average molecular weight is 251 g/mol. The number of hydrogen-bond donors (Lipinski definition) is 1. The predicted octanol–water partition coefficient (Wildman–Crippen LogP) is 3.69. The monoisotopic (exact) mass is 250 g/mol. The van der Waals surface area contributed by atoms with E-state index < -0.39 is 0 Å². The van der Waals surface area contributed by atoms with E-state index in [1.54, 1.807) is 0 Å². The normalized spacial score (nSPS) is 22.5. The Morgan fingerprint density at radius 3 is 2.47 bits per heavy atom. The highest BCUT2D eigenvalue weighted by Crippen LogP contribution is 2.45. The zero-order valence-electron chi connectivity index (χ0n) is 10.1. The molecule has 1 saturated carbocycles. The van der Waals surface area contributed by atoms with Gasteiger partial charge in [-0.3, -0.25) is 0 Å². The van der Waals surface area contributed by atoms with Gasteiger partial charge in [-0.25, -0.2) is 0 Å². The first kappa shape index (κ1) is 11.2. The van der Waals surface area contributed by atoms with Crippen LogP contribution in [0.4, 0.5) is 11.4 Å². The van der Waals surface area contributed by atoms with Gasteiger partial charge in [-0.15, -0.1) is 0 Å². The van der Waals surface area contributed by atoms with Crippen LogP contribution >= 0.6 is 11.6 Å². The van der Waals surface area contributed by atoms with Crippen LogP contribution in [0.25, 0.3) is 0 Å². The van der Waals surface area contributed by atoms with Crippen molar-refractivity contribution in [1.82, 2.24) is 0 Å². The predicted molar refractivity (Wildman–Crippen MR) is 73.6 cm³/mol. The van der Waals surface area contributed by atoms with Crippen molar-refractivity contribution in [2.45, 2.75) is 32.1 Å². The summed E-state index contributed by atoms with van der Waals surface area (Å²) < 4.78 is 0. The van der Waals surface area contributed by atoms with Crippen LogP contribution in [0, 0.1) is 5.41 Å². The number of nitrogen functional groups attached to an aromatic ring is 1. The van der Waals surface area contributed by atoms with Gasteiger partial charge in [-0.05, 0) is 31.0 Å². The Morgan fingerprint density at radius 1 is 1.12 bits per heavy atom. The Morgan fingerprint density at radius 2 is 1.82 bits per heavy atom. The van der Waals surface area contributed by atoms with Gasteiger partial charge < -0.3 is 10.6 Å². The summed E-state index contributed by atoms with van der Waals surface area (Å²) in [4.78, 5) is 2.43. The molecule has 17 heavy (non-hydrogen) atoms. The summed E-state index contributed by atoms with van der Waals surface area (Å²) in [6.45, 7) is 2.40. The first-order chi connectivity index (χ1) is 8.19. The van der Waals surface area contributed by atoms with Crippen molar-refractivity contribution < 1.29 is 0 Å². The Balaban J connectivity index is 1.70. The van der Waals surface area contributed by atoms with Crippen molar-refractivity contribution in [3.8, 4) is 0 Å². The van der Waals surface area contributed by atoms with E-state index in [2.05, 4.69) is 11.0 Å².